The van der Waals surface area contributed by atoms with Gasteiger partial charge in [-0.1, -0.05) is 25.0 Å². The van der Waals surface area contributed by atoms with Crippen LogP contribution in [0.2, 0.25) is 0 Å². The Morgan fingerprint density at radius 3 is 2.83 bits per heavy atom. The Balaban J connectivity index is 1.80. The van der Waals surface area contributed by atoms with Crippen molar-refractivity contribution in [3.05, 3.63) is 29.8 Å². The molecule has 1 heterocycles. The van der Waals surface area contributed by atoms with Crippen molar-refractivity contribution < 1.29 is 9.53 Å². The Kier molecular flexibility index (Phi) is 4.90. The van der Waals surface area contributed by atoms with Gasteiger partial charge in [-0.05, 0) is 56.8 Å². The molecule has 0 spiro atoms. The summed E-state index contributed by atoms with van der Waals surface area (Å²) in [6.07, 6.45) is 6.14. The van der Waals surface area contributed by atoms with Gasteiger partial charge >= 0.3 is 0 Å². The Morgan fingerprint density at radius 2 is 2.13 bits per heavy atom. The van der Waals surface area contributed by atoms with Gasteiger partial charge in [-0.15, -0.1) is 0 Å². The molecule has 2 unspecified atom stereocenters. The first-order valence-electron chi connectivity index (χ1n) is 8.83. The molecule has 2 aliphatic rings. The molecule has 2 fully saturated rings. The lowest BCUT2D eigenvalue weighted by Crippen LogP contribution is -2.51. The maximum Gasteiger partial charge on any atom is 0.230 e. The monoisotopic (exact) mass is 316 g/mol. The summed E-state index contributed by atoms with van der Waals surface area (Å²) >= 11 is 0. The quantitative estimate of drug-likeness (QED) is 0.898. The predicted molar refractivity (Wildman–Crippen MR) is 91.8 cm³/mol. The summed E-state index contributed by atoms with van der Waals surface area (Å²) in [6.45, 7) is 3.17. The number of carbonyl (C=O) groups is 1. The fourth-order valence-electron chi connectivity index (χ4n) is 4.13. The average molecular weight is 316 g/mol. The van der Waals surface area contributed by atoms with Crippen molar-refractivity contribution in [2.24, 2.45) is 0 Å². The summed E-state index contributed by atoms with van der Waals surface area (Å²) in [5.74, 6) is 1.04. The van der Waals surface area contributed by atoms with Crippen LogP contribution in [0.4, 0.5) is 0 Å². The third kappa shape index (κ3) is 3.37. The first kappa shape index (κ1) is 16.3. The molecule has 1 aromatic rings. The Labute approximate surface area is 139 Å². The molecule has 1 amide bonds. The first-order chi connectivity index (χ1) is 11.1. The summed E-state index contributed by atoms with van der Waals surface area (Å²) in [5, 5.41) is 6.79. The molecule has 2 atom stereocenters. The van der Waals surface area contributed by atoms with E-state index in [9.17, 15) is 4.79 Å². The molecule has 1 saturated heterocycles. The molecule has 3 rings (SSSR count). The highest BCUT2D eigenvalue weighted by Crippen LogP contribution is 2.42. The standard InChI is InChI=1S/C19H28N2O2/c1-14-12-16(8-11-20-14)21-18(22)19(9-3-4-10-19)15-6-5-7-17(13-15)23-2/h5-7,13-14,16,20H,3-4,8-12H2,1-2H3,(H,21,22). The predicted octanol–water partition coefficient (Wildman–Crippen LogP) is 2.76. The highest BCUT2D eigenvalue weighted by atomic mass is 16.5. The van der Waals surface area contributed by atoms with Crippen LogP contribution in [-0.4, -0.2) is 31.6 Å². The lowest BCUT2D eigenvalue weighted by Gasteiger charge is -2.34. The fourth-order valence-corrected chi connectivity index (χ4v) is 4.13. The second-order valence-corrected chi connectivity index (χ2v) is 7.07. The molecule has 0 radical (unpaired) electrons. The van der Waals surface area contributed by atoms with Crippen LogP contribution in [0.1, 0.15) is 51.0 Å². The van der Waals surface area contributed by atoms with Crippen molar-refractivity contribution in [2.45, 2.75) is 62.9 Å². The van der Waals surface area contributed by atoms with Gasteiger partial charge in [-0.2, -0.15) is 0 Å². The van der Waals surface area contributed by atoms with E-state index < -0.39 is 0 Å². The number of hydrogen-bond donors (Lipinski definition) is 2. The molecule has 0 bridgehead atoms. The van der Waals surface area contributed by atoms with E-state index in [2.05, 4.69) is 23.6 Å². The second-order valence-electron chi connectivity index (χ2n) is 7.07. The number of piperidine rings is 1. The van der Waals surface area contributed by atoms with Gasteiger partial charge in [-0.25, -0.2) is 0 Å². The van der Waals surface area contributed by atoms with Gasteiger partial charge in [0.2, 0.25) is 5.91 Å². The van der Waals surface area contributed by atoms with E-state index in [0.29, 0.717) is 12.1 Å². The van der Waals surface area contributed by atoms with Gasteiger partial charge in [0.05, 0.1) is 12.5 Å². The molecular formula is C19H28N2O2. The van der Waals surface area contributed by atoms with E-state index in [0.717, 1.165) is 56.4 Å². The van der Waals surface area contributed by atoms with Gasteiger partial charge in [0.15, 0.2) is 0 Å². The van der Waals surface area contributed by atoms with Crippen molar-refractivity contribution in [1.82, 2.24) is 10.6 Å². The molecule has 126 valence electrons. The van der Waals surface area contributed by atoms with Gasteiger partial charge in [0, 0.05) is 12.1 Å². The van der Waals surface area contributed by atoms with Crippen molar-refractivity contribution in [2.75, 3.05) is 13.7 Å². The zero-order chi connectivity index (χ0) is 16.3. The number of ether oxygens (including phenoxy) is 1. The van der Waals surface area contributed by atoms with E-state index in [1.165, 1.54) is 0 Å². The minimum atomic E-state index is -0.372. The zero-order valence-corrected chi connectivity index (χ0v) is 14.2. The topological polar surface area (TPSA) is 50.4 Å². The smallest absolute Gasteiger partial charge is 0.230 e. The van der Waals surface area contributed by atoms with Crippen LogP contribution >= 0.6 is 0 Å². The van der Waals surface area contributed by atoms with Gasteiger partial charge in [0.25, 0.3) is 0 Å². The second kappa shape index (κ2) is 6.91. The highest BCUT2D eigenvalue weighted by Gasteiger charge is 2.43. The van der Waals surface area contributed by atoms with Gasteiger partial charge < -0.3 is 15.4 Å². The number of rotatable bonds is 4. The largest absolute Gasteiger partial charge is 0.497 e. The van der Waals surface area contributed by atoms with Gasteiger partial charge in [-0.3, -0.25) is 4.79 Å². The van der Waals surface area contributed by atoms with Crippen molar-refractivity contribution in [1.29, 1.82) is 0 Å². The third-order valence-corrected chi connectivity index (χ3v) is 5.47. The number of hydrogen-bond acceptors (Lipinski definition) is 3. The molecule has 4 heteroatoms. The average Bonchev–Trinajstić information content (AvgIpc) is 3.06. The molecule has 0 aromatic heterocycles. The minimum Gasteiger partial charge on any atom is -0.497 e. The van der Waals surface area contributed by atoms with Crippen LogP contribution in [0.25, 0.3) is 0 Å². The number of methoxy groups -OCH3 is 1. The third-order valence-electron chi connectivity index (χ3n) is 5.47. The van der Waals surface area contributed by atoms with Crippen LogP contribution in [0, 0.1) is 0 Å². The van der Waals surface area contributed by atoms with E-state index in [4.69, 9.17) is 4.74 Å². The number of benzene rings is 1. The van der Waals surface area contributed by atoms with Crippen molar-refractivity contribution in [3.8, 4) is 5.75 Å². The molecule has 1 aromatic carbocycles. The zero-order valence-electron chi connectivity index (χ0n) is 14.2. The molecule has 23 heavy (non-hydrogen) atoms. The number of nitrogens with one attached hydrogen (secondary N) is 2. The maximum atomic E-state index is 13.2. The fraction of sp³-hybridized carbons (Fsp3) is 0.632. The molecule has 1 aliphatic carbocycles. The van der Waals surface area contributed by atoms with Crippen LogP contribution in [0.3, 0.4) is 0 Å². The molecule has 1 aliphatic heterocycles. The molecule has 2 N–H and O–H groups in total. The molecule has 1 saturated carbocycles. The number of carbonyl (C=O) groups excluding carboxylic acids is 1. The van der Waals surface area contributed by atoms with Crippen LogP contribution in [0.15, 0.2) is 24.3 Å². The Morgan fingerprint density at radius 1 is 1.35 bits per heavy atom. The first-order valence-corrected chi connectivity index (χ1v) is 8.83. The normalized spacial score (nSPS) is 26.7. The van der Waals surface area contributed by atoms with Crippen molar-refractivity contribution in [3.63, 3.8) is 0 Å². The lowest BCUT2D eigenvalue weighted by molar-refractivity contribution is -0.127. The molecule has 4 nitrogen and oxygen atoms in total. The van der Waals surface area contributed by atoms with Crippen molar-refractivity contribution >= 4 is 5.91 Å². The lowest BCUT2D eigenvalue weighted by atomic mass is 9.77. The maximum absolute atomic E-state index is 13.2. The van der Waals surface area contributed by atoms with Crippen LogP contribution in [0.5, 0.6) is 5.75 Å². The summed E-state index contributed by atoms with van der Waals surface area (Å²) < 4.78 is 5.36. The van der Waals surface area contributed by atoms with Crippen LogP contribution < -0.4 is 15.4 Å². The van der Waals surface area contributed by atoms with Crippen LogP contribution in [-0.2, 0) is 10.2 Å². The summed E-state index contributed by atoms with van der Waals surface area (Å²) in [7, 11) is 1.68. The minimum absolute atomic E-state index is 0.211. The summed E-state index contributed by atoms with van der Waals surface area (Å²) in [4.78, 5) is 13.2. The summed E-state index contributed by atoms with van der Waals surface area (Å²) in [5.41, 5.74) is 0.733. The van der Waals surface area contributed by atoms with Gasteiger partial charge in [0.1, 0.15) is 5.75 Å². The summed E-state index contributed by atoms with van der Waals surface area (Å²) in [6, 6.07) is 8.83. The Bertz CT molecular complexity index is 552. The molecular weight excluding hydrogens is 288 g/mol. The SMILES string of the molecule is COc1cccc(C2(C(=O)NC3CCNC(C)C3)CCCC2)c1. The highest BCUT2D eigenvalue weighted by molar-refractivity contribution is 5.89. The number of amides is 1. The van der Waals surface area contributed by atoms with E-state index in [1.807, 2.05) is 18.2 Å². The van der Waals surface area contributed by atoms with E-state index in [1.54, 1.807) is 7.11 Å². The van der Waals surface area contributed by atoms with E-state index >= 15 is 0 Å². The van der Waals surface area contributed by atoms with E-state index in [-0.39, 0.29) is 11.3 Å². The Hall–Kier alpha value is -1.55.